The van der Waals surface area contributed by atoms with Crippen LogP contribution in [0.5, 0.6) is 0 Å². The molecule has 70 valence electrons. The van der Waals surface area contributed by atoms with Crippen molar-refractivity contribution < 1.29 is 5.11 Å². The summed E-state index contributed by atoms with van der Waals surface area (Å²) in [6.45, 7) is 1.01. The standard InChI is InChI=1S/C7H8ClN3O2/c8-5-1-9-7(10-6(5)13)11-2-4(12)3-11/h1,4,12H,2-3H2,(H,9,10,13). The predicted octanol–water partition coefficient (Wildman–Crippen LogP) is -0.396. The van der Waals surface area contributed by atoms with Crippen LogP contribution in [0.15, 0.2) is 11.0 Å². The molecule has 0 aromatic carbocycles. The number of nitrogens with one attached hydrogen (secondary N) is 1. The molecule has 1 aromatic heterocycles. The number of aromatic nitrogens is 2. The first-order chi connectivity index (χ1) is 6.16. The largest absolute Gasteiger partial charge is 0.389 e. The van der Waals surface area contributed by atoms with E-state index in [-0.39, 0.29) is 16.7 Å². The van der Waals surface area contributed by atoms with Crippen molar-refractivity contribution in [2.75, 3.05) is 18.0 Å². The van der Waals surface area contributed by atoms with Crippen molar-refractivity contribution >= 4 is 17.5 Å². The van der Waals surface area contributed by atoms with E-state index in [1.807, 2.05) is 0 Å². The minimum Gasteiger partial charge on any atom is -0.389 e. The Morgan fingerprint density at radius 1 is 1.69 bits per heavy atom. The van der Waals surface area contributed by atoms with E-state index in [1.54, 1.807) is 4.90 Å². The Balaban J connectivity index is 2.23. The van der Waals surface area contributed by atoms with Crippen molar-refractivity contribution in [3.8, 4) is 0 Å². The maximum absolute atomic E-state index is 11.0. The molecule has 0 spiro atoms. The zero-order valence-electron chi connectivity index (χ0n) is 6.70. The Hall–Kier alpha value is -1.07. The molecule has 1 aliphatic rings. The van der Waals surface area contributed by atoms with Gasteiger partial charge in [-0.15, -0.1) is 0 Å². The Bertz CT molecular complexity index is 372. The second-order valence-corrected chi connectivity index (χ2v) is 3.35. The number of aliphatic hydroxyl groups excluding tert-OH is 1. The molecule has 2 heterocycles. The fraction of sp³-hybridized carbons (Fsp3) is 0.429. The van der Waals surface area contributed by atoms with E-state index >= 15 is 0 Å². The molecule has 6 heteroatoms. The van der Waals surface area contributed by atoms with E-state index in [9.17, 15) is 4.79 Å². The fourth-order valence-corrected chi connectivity index (χ4v) is 1.25. The van der Waals surface area contributed by atoms with E-state index in [0.29, 0.717) is 19.0 Å². The number of hydrogen-bond donors (Lipinski definition) is 2. The number of nitrogens with zero attached hydrogens (tertiary/aromatic N) is 2. The van der Waals surface area contributed by atoms with Crippen LogP contribution in [0.3, 0.4) is 0 Å². The summed E-state index contributed by atoms with van der Waals surface area (Å²) in [6.07, 6.45) is 0.987. The molecule has 5 nitrogen and oxygen atoms in total. The summed E-state index contributed by atoms with van der Waals surface area (Å²) in [5.41, 5.74) is -0.354. The van der Waals surface area contributed by atoms with Gasteiger partial charge in [0, 0.05) is 13.1 Å². The van der Waals surface area contributed by atoms with Gasteiger partial charge in [0.05, 0.1) is 12.3 Å². The van der Waals surface area contributed by atoms with Gasteiger partial charge < -0.3 is 10.0 Å². The molecule has 0 unspecified atom stereocenters. The van der Waals surface area contributed by atoms with Gasteiger partial charge in [-0.25, -0.2) is 4.98 Å². The number of rotatable bonds is 1. The van der Waals surface area contributed by atoms with E-state index in [4.69, 9.17) is 16.7 Å². The molecule has 0 amide bonds. The Kier molecular flexibility index (Phi) is 1.97. The highest BCUT2D eigenvalue weighted by atomic mass is 35.5. The smallest absolute Gasteiger partial charge is 0.271 e. The summed E-state index contributed by atoms with van der Waals surface area (Å²) in [6, 6.07) is 0. The summed E-state index contributed by atoms with van der Waals surface area (Å²) in [5.74, 6) is 0.458. The number of hydrogen-bond acceptors (Lipinski definition) is 4. The summed E-state index contributed by atoms with van der Waals surface area (Å²) >= 11 is 5.50. The van der Waals surface area contributed by atoms with Crippen LogP contribution in [0.25, 0.3) is 0 Å². The lowest BCUT2D eigenvalue weighted by atomic mass is 10.2. The van der Waals surface area contributed by atoms with Crippen LogP contribution in [0.1, 0.15) is 0 Å². The van der Waals surface area contributed by atoms with E-state index in [0.717, 1.165) is 0 Å². The summed E-state index contributed by atoms with van der Waals surface area (Å²) in [4.78, 5) is 19.3. The first-order valence-corrected chi connectivity index (χ1v) is 4.22. The molecule has 2 rings (SSSR count). The summed E-state index contributed by atoms with van der Waals surface area (Å²) in [5, 5.41) is 9.09. The third-order valence-electron chi connectivity index (χ3n) is 1.90. The number of β-amino-alcohol motifs (C(OH)–C–C–N with tert-alkyl or cyclic N) is 1. The van der Waals surface area contributed by atoms with Crippen LogP contribution in [0.4, 0.5) is 5.95 Å². The van der Waals surface area contributed by atoms with Gasteiger partial charge in [0.15, 0.2) is 0 Å². The van der Waals surface area contributed by atoms with Crippen molar-refractivity contribution in [3.63, 3.8) is 0 Å². The highest BCUT2D eigenvalue weighted by Crippen LogP contribution is 2.14. The second kappa shape index (κ2) is 3.01. The third kappa shape index (κ3) is 1.52. The molecule has 0 saturated carbocycles. The minimum atomic E-state index is -0.354. The molecule has 13 heavy (non-hydrogen) atoms. The van der Waals surface area contributed by atoms with Crippen LogP contribution < -0.4 is 10.5 Å². The number of aliphatic hydroxyl groups is 1. The molecule has 0 aliphatic carbocycles. The predicted molar refractivity (Wildman–Crippen MR) is 48.1 cm³/mol. The summed E-state index contributed by atoms with van der Waals surface area (Å²) in [7, 11) is 0. The number of H-pyrrole nitrogens is 1. The van der Waals surface area contributed by atoms with Gasteiger partial charge >= 0.3 is 0 Å². The minimum absolute atomic E-state index is 0.0739. The lowest BCUT2D eigenvalue weighted by molar-refractivity contribution is 0.140. The molecule has 0 atom stereocenters. The number of halogens is 1. The van der Waals surface area contributed by atoms with Gasteiger partial charge in [-0.1, -0.05) is 11.6 Å². The average Bonchev–Trinajstić information content (AvgIpc) is 2.05. The molecule has 2 N–H and O–H groups in total. The Morgan fingerprint density at radius 3 is 2.92 bits per heavy atom. The Labute approximate surface area is 79.0 Å². The lowest BCUT2D eigenvalue weighted by Crippen LogP contribution is -2.51. The molecule has 0 bridgehead atoms. The first kappa shape index (κ1) is 8.52. The van der Waals surface area contributed by atoms with E-state index in [1.165, 1.54) is 6.20 Å². The van der Waals surface area contributed by atoms with Crippen LogP contribution in [0.2, 0.25) is 5.02 Å². The monoisotopic (exact) mass is 201 g/mol. The normalized spacial score (nSPS) is 17.2. The zero-order valence-corrected chi connectivity index (χ0v) is 7.45. The fourth-order valence-electron chi connectivity index (χ4n) is 1.16. The molecule has 1 aromatic rings. The molecule has 0 radical (unpaired) electrons. The number of anilines is 1. The van der Waals surface area contributed by atoms with Crippen LogP contribution in [-0.2, 0) is 0 Å². The highest BCUT2D eigenvalue weighted by molar-refractivity contribution is 6.30. The van der Waals surface area contributed by atoms with Gasteiger partial charge in [-0.2, -0.15) is 0 Å². The van der Waals surface area contributed by atoms with Gasteiger partial charge in [-0.3, -0.25) is 9.78 Å². The van der Waals surface area contributed by atoms with Crippen molar-refractivity contribution in [2.45, 2.75) is 6.10 Å². The second-order valence-electron chi connectivity index (χ2n) is 2.94. The lowest BCUT2D eigenvalue weighted by Gasteiger charge is -2.35. The van der Waals surface area contributed by atoms with Crippen molar-refractivity contribution in [3.05, 3.63) is 21.6 Å². The van der Waals surface area contributed by atoms with Gasteiger partial charge in [0.1, 0.15) is 5.02 Å². The van der Waals surface area contributed by atoms with Gasteiger partial charge in [0.25, 0.3) is 5.56 Å². The van der Waals surface area contributed by atoms with Crippen molar-refractivity contribution in [1.29, 1.82) is 0 Å². The topological polar surface area (TPSA) is 69.2 Å². The highest BCUT2D eigenvalue weighted by Gasteiger charge is 2.26. The van der Waals surface area contributed by atoms with E-state index < -0.39 is 0 Å². The maximum atomic E-state index is 11.0. The molecule has 1 saturated heterocycles. The van der Waals surface area contributed by atoms with Gasteiger partial charge in [0.2, 0.25) is 5.95 Å². The average molecular weight is 202 g/mol. The van der Waals surface area contributed by atoms with Crippen molar-refractivity contribution in [2.24, 2.45) is 0 Å². The summed E-state index contributed by atoms with van der Waals surface area (Å²) < 4.78 is 0. The molecular formula is C7H8ClN3O2. The molecule has 1 fully saturated rings. The molecular weight excluding hydrogens is 194 g/mol. The quantitative estimate of drug-likeness (QED) is 0.649. The first-order valence-electron chi connectivity index (χ1n) is 3.84. The van der Waals surface area contributed by atoms with Crippen LogP contribution in [0, 0.1) is 0 Å². The van der Waals surface area contributed by atoms with Crippen molar-refractivity contribution in [1.82, 2.24) is 9.97 Å². The maximum Gasteiger partial charge on any atom is 0.271 e. The zero-order chi connectivity index (χ0) is 9.42. The number of aromatic amines is 1. The van der Waals surface area contributed by atoms with Crippen LogP contribution in [-0.4, -0.2) is 34.3 Å². The SMILES string of the molecule is O=c1[nH]c(N2CC(O)C2)ncc1Cl. The van der Waals surface area contributed by atoms with E-state index in [2.05, 4.69) is 9.97 Å². The molecule has 1 aliphatic heterocycles. The Morgan fingerprint density at radius 2 is 2.38 bits per heavy atom. The van der Waals surface area contributed by atoms with Crippen LogP contribution >= 0.6 is 11.6 Å². The van der Waals surface area contributed by atoms with Gasteiger partial charge in [-0.05, 0) is 0 Å². The third-order valence-corrected chi connectivity index (χ3v) is 2.17.